The minimum Gasteiger partial charge on any atom is -0.367 e. The Bertz CT molecular complexity index is 1330. The molecule has 4 nitrogen and oxygen atoms in total. The lowest BCUT2D eigenvalue weighted by Crippen LogP contribution is -2.49. The van der Waals surface area contributed by atoms with Crippen molar-refractivity contribution in [1.29, 1.82) is 0 Å². The predicted octanol–water partition coefficient (Wildman–Crippen LogP) is 4.13. The molecular formula is C27H24N2O2. The second-order valence-corrected chi connectivity index (χ2v) is 8.78. The van der Waals surface area contributed by atoms with Gasteiger partial charge in [0.2, 0.25) is 5.91 Å². The summed E-state index contributed by atoms with van der Waals surface area (Å²) in [4.78, 5) is 30.6. The van der Waals surface area contributed by atoms with Gasteiger partial charge in [0, 0.05) is 59.5 Å². The maximum atomic E-state index is 13.2. The smallest absolute Gasteiger partial charge is 0.250 e. The lowest BCUT2D eigenvalue weighted by molar-refractivity contribution is -0.127. The van der Waals surface area contributed by atoms with Crippen LogP contribution in [0.15, 0.2) is 83.2 Å². The fourth-order valence-corrected chi connectivity index (χ4v) is 5.36. The Labute approximate surface area is 181 Å². The number of piperazine rings is 1. The topological polar surface area (TPSA) is 40.6 Å². The van der Waals surface area contributed by atoms with Crippen LogP contribution in [0.1, 0.15) is 6.42 Å². The van der Waals surface area contributed by atoms with Crippen LogP contribution in [0, 0.1) is 11.8 Å². The average molecular weight is 409 g/mol. The molecule has 2 unspecified atom stereocenters. The molecular weight excluding hydrogens is 384 g/mol. The van der Waals surface area contributed by atoms with Gasteiger partial charge in [0.15, 0.2) is 5.43 Å². The lowest BCUT2D eigenvalue weighted by Gasteiger charge is -2.37. The van der Waals surface area contributed by atoms with E-state index in [4.69, 9.17) is 0 Å². The lowest BCUT2D eigenvalue weighted by atomic mass is 10.0. The van der Waals surface area contributed by atoms with E-state index in [0.29, 0.717) is 24.9 Å². The molecule has 4 heteroatoms. The van der Waals surface area contributed by atoms with Gasteiger partial charge in [-0.1, -0.05) is 66.8 Å². The molecule has 0 spiro atoms. The minimum absolute atomic E-state index is 0.0718. The predicted molar refractivity (Wildman–Crippen MR) is 125 cm³/mol. The zero-order valence-corrected chi connectivity index (χ0v) is 17.3. The molecule has 2 atom stereocenters. The maximum Gasteiger partial charge on any atom is 0.250 e. The first-order valence-electron chi connectivity index (χ1n) is 11.1. The highest BCUT2D eigenvalue weighted by Gasteiger charge is 2.35. The number of fused-ring (bicyclic) bond motifs is 4. The summed E-state index contributed by atoms with van der Waals surface area (Å²) in [5.74, 6) is 0.970. The van der Waals surface area contributed by atoms with Gasteiger partial charge in [-0.3, -0.25) is 9.59 Å². The highest BCUT2D eigenvalue weighted by Crippen LogP contribution is 2.39. The first-order chi connectivity index (χ1) is 15.2. The SMILES string of the molecule is O=C(C1=CC2C=CC1C2)N1CCN(c2cc3ccccc3c(=O)c3ccccc23)CC1. The van der Waals surface area contributed by atoms with Crippen LogP contribution in [0.25, 0.3) is 21.5 Å². The van der Waals surface area contributed by atoms with Crippen LogP contribution in [-0.4, -0.2) is 37.0 Å². The van der Waals surface area contributed by atoms with Crippen LogP contribution in [0.2, 0.25) is 0 Å². The molecule has 1 aliphatic heterocycles. The molecule has 154 valence electrons. The molecule has 2 bridgehead atoms. The van der Waals surface area contributed by atoms with Crippen LogP contribution in [0.3, 0.4) is 0 Å². The first kappa shape index (κ1) is 18.4. The molecule has 1 fully saturated rings. The fourth-order valence-electron chi connectivity index (χ4n) is 5.36. The Hall–Kier alpha value is -3.40. The Morgan fingerprint density at radius 2 is 1.55 bits per heavy atom. The quantitative estimate of drug-likeness (QED) is 0.599. The fraction of sp³-hybridized carbons (Fsp3) is 0.259. The Balaban J connectivity index is 1.34. The normalized spacial score (nSPS) is 22.4. The first-order valence-corrected chi connectivity index (χ1v) is 11.1. The van der Waals surface area contributed by atoms with E-state index in [1.165, 1.54) is 0 Å². The average Bonchev–Trinajstić information content (AvgIpc) is 3.43. The highest BCUT2D eigenvalue weighted by atomic mass is 16.2. The second-order valence-electron chi connectivity index (χ2n) is 8.78. The molecule has 2 aliphatic carbocycles. The van der Waals surface area contributed by atoms with Crippen LogP contribution in [0.5, 0.6) is 0 Å². The number of rotatable bonds is 2. The number of amides is 1. The summed E-state index contributed by atoms with van der Waals surface area (Å²) in [5.41, 5.74) is 2.13. The number of nitrogens with zero attached hydrogens (tertiary/aromatic N) is 2. The molecule has 1 saturated heterocycles. The van der Waals surface area contributed by atoms with Crippen LogP contribution < -0.4 is 10.3 Å². The van der Waals surface area contributed by atoms with Gasteiger partial charge in [0.1, 0.15) is 0 Å². The van der Waals surface area contributed by atoms with Gasteiger partial charge in [0.05, 0.1) is 0 Å². The summed E-state index contributed by atoms with van der Waals surface area (Å²) in [5, 5.41) is 3.42. The number of hydrogen-bond acceptors (Lipinski definition) is 3. The van der Waals surface area contributed by atoms with Crippen molar-refractivity contribution in [1.82, 2.24) is 4.90 Å². The molecule has 3 aromatic carbocycles. The van der Waals surface area contributed by atoms with E-state index in [9.17, 15) is 9.59 Å². The van der Waals surface area contributed by atoms with Crippen molar-refractivity contribution in [3.05, 3.63) is 88.6 Å². The van der Waals surface area contributed by atoms with Crippen molar-refractivity contribution in [2.24, 2.45) is 11.8 Å². The van der Waals surface area contributed by atoms with E-state index in [2.05, 4.69) is 29.2 Å². The van der Waals surface area contributed by atoms with Gasteiger partial charge in [0.25, 0.3) is 0 Å². The van der Waals surface area contributed by atoms with Crippen LogP contribution in [0.4, 0.5) is 5.69 Å². The summed E-state index contributed by atoms with van der Waals surface area (Å²) in [7, 11) is 0. The minimum atomic E-state index is 0.0718. The van der Waals surface area contributed by atoms with Gasteiger partial charge in [-0.25, -0.2) is 0 Å². The van der Waals surface area contributed by atoms with Gasteiger partial charge >= 0.3 is 0 Å². The van der Waals surface area contributed by atoms with E-state index in [0.717, 1.165) is 52.3 Å². The maximum absolute atomic E-state index is 13.2. The molecule has 0 N–H and O–H groups in total. The molecule has 31 heavy (non-hydrogen) atoms. The van der Waals surface area contributed by atoms with Crippen molar-refractivity contribution in [3.8, 4) is 0 Å². The molecule has 1 amide bonds. The van der Waals surface area contributed by atoms with Crippen LogP contribution in [-0.2, 0) is 4.79 Å². The molecule has 0 aromatic heterocycles. The zero-order chi connectivity index (χ0) is 20.9. The third kappa shape index (κ3) is 2.97. The van der Waals surface area contributed by atoms with E-state index in [-0.39, 0.29) is 11.3 Å². The van der Waals surface area contributed by atoms with E-state index < -0.39 is 0 Å². The summed E-state index contributed by atoms with van der Waals surface area (Å²) < 4.78 is 0. The van der Waals surface area contributed by atoms with Gasteiger partial charge in [-0.05, 0) is 23.8 Å². The van der Waals surface area contributed by atoms with Gasteiger partial charge in [-0.15, -0.1) is 0 Å². The summed E-state index contributed by atoms with van der Waals surface area (Å²) in [6, 6.07) is 17.8. The summed E-state index contributed by atoms with van der Waals surface area (Å²) >= 11 is 0. The monoisotopic (exact) mass is 408 g/mol. The zero-order valence-electron chi connectivity index (χ0n) is 17.3. The Kier molecular flexibility index (Phi) is 4.20. The van der Waals surface area contributed by atoms with Gasteiger partial charge < -0.3 is 9.80 Å². The molecule has 1 heterocycles. The van der Waals surface area contributed by atoms with Crippen molar-refractivity contribution >= 4 is 33.1 Å². The second kappa shape index (κ2) is 7.09. The molecule has 0 saturated carbocycles. The molecule has 3 aromatic rings. The number of allylic oxidation sites excluding steroid dienone is 3. The van der Waals surface area contributed by atoms with Gasteiger partial charge in [-0.2, -0.15) is 0 Å². The Morgan fingerprint density at radius 3 is 2.26 bits per heavy atom. The van der Waals surface area contributed by atoms with Crippen molar-refractivity contribution in [3.63, 3.8) is 0 Å². The summed E-state index contributed by atoms with van der Waals surface area (Å²) in [6.07, 6.45) is 7.63. The van der Waals surface area contributed by atoms with Crippen molar-refractivity contribution in [2.75, 3.05) is 31.1 Å². The van der Waals surface area contributed by atoms with E-state index in [1.54, 1.807) is 0 Å². The third-order valence-electron chi connectivity index (χ3n) is 7.01. The molecule has 3 aliphatic rings. The number of carbonyl (C=O) groups is 1. The molecule has 0 radical (unpaired) electrons. The van der Waals surface area contributed by atoms with Crippen molar-refractivity contribution in [2.45, 2.75) is 6.42 Å². The standard InChI is InChI=1S/C27H24N2O2/c30-26-21-6-2-1-5-19(21)17-25(22-7-3-4-8-23(22)26)28-11-13-29(14-12-28)27(31)24-16-18-9-10-20(24)15-18/h1-10,16-18,20H,11-15H2. The number of hydrogen-bond donors (Lipinski definition) is 0. The number of carbonyl (C=O) groups excluding carboxylic acids is 1. The van der Waals surface area contributed by atoms with Crippen molar-refractivity contribution < 1.29 is 4.79 Å². The van der Waals surface area contributed by atoms with E-state index >= 15 is 0 Å². The summed E-state index contributed by atoms with van der Waals surface area (Å²) in [6.45, 7) is 2.93. The largest absolute Gasteiger partial charge is 0.367 e. The third-order valence-corrected chi connectivity index (χ3v) is 7.01. The molecule has 6 rings (SSSR count). The van der Waals surface area contributed by atoms with Crippen LogP contribution >= 0.6 is 0 Å². The number of benzene rings is 2. The highest BCUT2D eigenvalue weighted by molar-refractivity contribution is 6.01. The Morgan fingerprint density at radius 1 is 0.839 bits per heavy atom. The van der Waals surface area contributed by atoms with E-state index in [1.807, 2.05) is 53.4 Å². The number of anilines is 1.